The van der Waals surface area contributed by atoms with Gasteiger partial charge >= 0.3 is 0 Å². The quantitative estimate of drug-likeness (QED) is 0.567. The lowest BCUT2D eigenvalue weighted by Gasteiger charge is -2.10. The van der Waals surface area contributed by atoms with Gasteiger partial charge in [0, 0.05) is 18.7 Å². The molecule has 0 aliphatic rings. The molecule has 0 aliphatic heterocycles. The molecule has 1 aromatic carbocycles. The first-order valence-corrected chi connectivity index (χ1v) is 4.75. The van der Waals surface area contributed by atoms with Gasteiger partial charge in [-0.05, 0) is 37.1 Å². The predicted molar refractivity (Wildman–Crippen MR) is 57.5 cm³/mol. The fourth-order valence-corrected chi connectivity index (χ4v) is 1.27. The monoisotopic (exact) mass is 195 g/mol. The molecule has 14 heavy (non-hydrogen) atoms. The van der Waals surface area contributed by atoms with Gasteiger partial charge in [-0.3, -0.25) is 0 Å². The average molecular weight is 195 g/mol. The number of benzene rings is 1. The van der Waals surface area contributed by atoms with Crippen LogP contribution in [0.2, 0.25) is 0 Å². The molecule has 1 rings (SSSR count). The molecule has 0 saturated heterocycles. The van der Waals surface area contributed by atoms with Crippen molar-refractivity contribution in [2.45, 2.75) is 20.3 Å². The molecule has 0 radical (unpaired) electrons. The van der Waals surface area contributed by atoms with E-state index >= 15 is 0 Å². The first-order valence-electron chi connectivity index (χ1n) is 4.75. The van der Waals surface area contributed by atoms with Gasteiger partial charge in [0.25, 0.3) is 0 Å². The van der Waals surface area contributed by atoms with E-state index in [2.05, 4.69) is 0 Å². The molecule has 3 nitrogen and oxygen atoms in total. The summed E-state index contributed by atoms with van der Waals surface area (Å²) in [5, 5.41) is 8.60. The van der Waals surface area contributed by atoms with Crippen molar-refractivity contribution in [3.05, 3.63) is 23.3 Å². The van der Waals surface area contributed by atoms with Crippen molar-refractivity contribution in [3.8, 4) is 5.75 Å². The third-order valence-electron chi connectivity index (χ3n) is 2.14. The van der Waals surface area contributed by atoms with Crippen LogP contribution in [0.1, 0.15) is 17.5 Å². The van der Waals surface area contributed by atoms with E-state index in [9.17, 15) is 0 Å². The summed E-state index contributed by atoms with van der Waals surface area (Å²) in [6.45, 7) is 4.62. The summed E-state index contributed by atoms with van der Waals surface area (Å²) in [6, 6.07) is 3.83. The van der Waals surface area contributed by atoms with Crippen LogP contribution in [0.4, 0.5) is 5.69 Å². The van der Waals surface area contributed by atoms with E-state index in [1.165, 1.54) is 0 Å². The molecular formula is C11H17NO2. The number of ether oxygens (including phenoxy) is 1. The van der Waals surface area contributed by atoms with E-state index in [1.807, 2.05) is 26.0 Å². The Bertz CT molecular complexity index is 287. The molecule has 0 bridgehead atoms. The third kappa shape index (κ3) is 2.64. The number of hydrogen-bond donors (Lipinski definition) is 2. The summed E-state index contributed by atoms with van der Waals surface area (Å²) >= 11 is 0. The number of aryl methyl sites for hydroxylation is 2. The van der Waals surface area contributed by atoms with Crippen LogP contribution < -0.4 is 10.5 Å². The first-order chi connectivity index (χ1) is 6.65. The van der Waals surface area contributed by atoms with Gasteiger partial charge in [-0.1, -0.05) is 0 Å². The van der Waals surface area contributed by atoms with E-state index < -0.39 is 0 Å². The molecule has 0 aliphatic carbocycles. The summed E-state index contributed by atoms with van der Waals surface area (Å²) < 4.78 is 5.45. The summed E-state index contributed by atoms with van der Waals surface area (Å²) in [5.74, 6) is 0.822. The lowest BCUT2D eigenvalue weighted by atomic mass is 10.1. The van der Waals surface area contributed by atoms with Crippen molar-refractivity contribution in [1.29, 1.82) is 0 Å². The normalized spacial score (nSPS) is 10.2. The zero-order valence-corrected chi connectivity index (χ0v) is 8.71. The van der Waals surface area contributed by atoms with Crippen molar-refractivity contribution in [2.75, 3.05) is 18.9 Å². The predicted octanol–water partition coefficient (Wildman–Crippen LogP) is 1.65. The van der Waals surface area contributed by atoms with Crippen LogP contribution in [-0.4, -0.2) is 18.3 Å². The first kappa shape index (κ1) is 10.9. The van der Waals surface area contributed by atoms with E-state index in [0.717, 1.165) is 22.6 Å². The molecule has 0 aromatic heterocycles. The topological polar surface area (TPSA) is 55.5 Å². The van der Waals surface area contributed by atoms with Gasteiger partial charge in [0.2, 0.25) is 0 Å². The molecule has 78 valence electrons. The standard InChI is InChI=1S/C11H17NO2/c1-8-6-10(14-5-3-4-13)7-9(2)11(8)12/h6-7,13H,3-5,12H2,1-2H3. The molecule has 0 atom stereocenters. The molecule has 3 N–H and O–H groups in total. The van der Waals surface area contributed by atoms with Crippen molar-refractivity contribution >= 4 is 5.69 Å². The molecule has 3 heteroatoms. The molecule has 0 saturated carbocycles. The largest absolute Gasteiger partial charge is 0.493 e. The SMILES string of the molecule is Cc1cc(OCCCO)cc(C)c1N. The minimum Gasteiger partial charge on any atom is -0.493 e. The summed E-state index contributed by atoms with van der Waals surface area (Å²) in [5.41, 5.74) is 8.69. The lowest BCUT2D eigenvalue weighted by molar-refractivity contribution is 0.233. The van der Waals surface area contributed by atoms with Gasteiger partial charge in [-0.15, -0.1) is 0 Å². The zero-order valence-electron chi connectivity index (χ0n) is 8.71. The highest BCUT2D eigenvalue weighted by Crippen LogP contribution is 2.23. The fraction of sp³-hybridized carbons (Fsp3) is 0.455. The molecule has 0 unspecified atom stereocenters. The second kappa shape index (κ2) is 4.86. The number of hydrogen-bond acceptors (Lipinski definition) is 3. The second-order valence-electron chi connectivity index (χ2n) is 3.40. The van der Waals surface area contributed by atoms with E-state index in [4.69, 9.17) is 15.6 Å². The molecule has 0 heterocycles. The Morgan fingerprint density at radius 3 is 2.36 bits per heavy atom. The highest BCUT2D eigenvalue weighted by atomic mass is 16.5. The van der Waals surface area contributed by atoms with E-state index in [1.54, 1.807) is 0 Å². The third-order valence-corrected chi connectivity index (χ3v) is 2.14. The number of aliphatic hydroxyl groups excluding tert-OH is 1. The Morgan fingerprint density at radius 2 is 1.86 bits per heavy atom. The minimum absolute atomic E-state index is 0.160. The summed E-state index contributed by atoms with van der Waals surface area (Å²) in [7, 11) is 0. The average Bonchev–Trinajstić information content (AvgIpc) is 2.14. The van der Waals surface area contributed by atoms with Gasteiger partial charge in [0.1, 0.15) is 5.75 Å². The summed E-state index contributed by atoms with van der Waals surface area (Å²) in [6.07, 6.45) is 0.655. The maximum absolute atomic E-state index is 8.60. The van der Waals surface area contributed by atoms with Crippen LogP contribution in [0.5, 0.6) is 5.75 Å². The van der Waals surface area contributed by atoms with Gasteiger partial charge in [0.15, 0.2) is 0 Å². The van der Waals surface area contributed by atoms with Crippen molar-refractivity contribution in [2.24, 2.45) is 0 Å². The fourth-order valence-electron chi connectivity index (χ4n) is 1.27. The van der Waals surface area contributed by atoms with E-state index in [0.29, 0.717) is 13.0 Å². The van der Waals surface area contributed by atoms with Crippen LogP contribution in [0.25, 0.3) is 0 Å². The Hall–Kier alpha value is -1.22. The van der Waals surface area contributed by atoms with Gasteiger partial charge < -0.3 is 15.6 Å². The molecule has 0 amide bonds. The molecule has 0 spiro atoms. The maximum atomic E-state index is 8.60. The Kier molecular flexibility index (Phi) is 3.77. The number of nitrogens with two attached hydrogens (primary N) is 1. The Labute approximate surface area is 84.5 Å². The summed E-state index contributed by atoms with van der Waals surface area (Å²) in [4.78, 5) is 0. The Morgan fingerprint density at radius 1 is 1.29 bits per heavy atom. The smallest absolute Gasteiger partial charge is 0.119 e. The highest BCUT2D eigenvalue weighted by molar-refractivity contribution is 5.55. The van der Waals surface area contributed by atoms with Crippen LogP contribution in [0.15, 0.2) is 12.1 Å². The second-order valence-corrected chi connectivity index (χ2v) is 3.40. The van der Waals surface area contributed by atoms with Crippen LogP contribution in [0, 0.1) is 13.8 Å². The zero-order chi connectivity index (χ0) is 10.6. The van der Waals surface area contributed by atoms with Crippen LogP contribution >= 0.6 is 0 Å². The Balaban J connectivity index is 2.69. The van der Waals surface area contributed by atoms with E-state index in [-0.39, 0.29) is 6.61 Å². The number of rotatable bonds is 4. The van der Waals surface area contributed by atoms with Crippen molar-refractivity contribution in [1.82, 2.24) is 0 Å². The van der Waals surface area contributed by atoms with Crippen LogP contribution in [-0.2, 0) is 0 Å². The maximum Gasteiger partial charge on any atom is 0.119 e. The lowest BCUT2D eigenvalue weighted by Crippen LogP contribution is -2.01. The molecular weight excluding hydrogens is 178 g/mol. The van der Waals surface area contributed by atoms with Gasteiger partial charge in [0.05, 0.1) is 6.61 Å². The molecule has 0 fully saturated rings. The highest BCUT2D eigenvalue weighted by Gasteiger charge is 2.01. The van der Waals surface area contributed by atoms with Gasteiger partial charge in [-0.2, -0.15) is 0 Å². The molecule has 1 aromatic rings. The van der Waals surface area contributed by atoms with Crippen molar-refractivity contribution < 1.29 is 9.84 Å². The minimum atomic E-state index is 0.160. The van der Waals surface area contributed by atoms with Crippen LogP contribution in [0.3, 0.4) is 0 Å². The number of anilines is 1. The number of aliphatic hydroxyl groups is 1. The number of nitrogen functional groups attached to an aromatic ring is 1. The van der Waals surface area contributed by atoms with Gasteiger partial charge in [-0.25, -0.2) is 0 Å². The van der Waals surface area contributed by atoms with Crippen molar-refractivity contribution in [3.63, 3.8) is 0 Å².